The zero-order valence-electron chi connectivity index (χ0n) is 14.0. The fourth-order valence-electron chi connectivity index (χ4n) is 2.58. The summed E-state index contributed by atoms with van der Waals surface area (Å²) in [4.78, 5) is 15.3. The molecule has 25 heavy (non-hydrogen) atoms. The minimum absolute atomic E-state index is 0.00531. The van der Waals surface area contributed by atoms with E-state index in [-0.39, 0.29) is 13.0 Å². The Balaban J connectivity index is 2.20. The molecule has 0 unspecified atom stereocenters. The fourth-order valence-corrected chi connectivity index (χ4v) is 2.71. The van der Waals surface area contributed by atoms with Crippen LogP contribution in [-0.4, -0.2) is 17.6 Å². The maximum absolute atomic E-state index is 10.8. The summed E-state index contributed by atoms with van der Waals surface area (Å²) < 4.78 is 6.07. The largest absolute Gasteiger partial charge is 0.481 e. The molecule has 1 aromatic heterocycles. The molecule has 0 aliphatic carbocycles. The topological polar surface area (TPSA) is 62.8 Å². The van der Waals surface area contributed by atoms with Crippen LogP contribution >= 0.6 is 11.6 Å². The van der Waals surface area contributed by atoms with Crippen LogP contribution in [0.5, 0.6) is 0 Å². The standard InChI is InChI=1S/C20H18ClNO3/c1-12-9-16-17(22-8-7-20(23)24)11-18(25-19(16)10-13(12)2)14-3-5-15(21)6-4-14/h3-6,9-11H,7-8H2,1-2H3,(H,23,24). The highest BCUT2D eigenvalue weighted by molar-refractivity contribution is 6.30. The first-order valence-electron chi connectivity index (χ1n) is 7.97. The number of carboxylic acids is 1. The lowest BCUT2D eigenvalue weighted by Gasteiger charge is -2.08. The van der Waals surface area contributed by atoms with E-state index in [1.165, 1.54) is 0 Å². The minimum Gasteiger partial charge on any atom is -0.481 e. The fraction of sp³-hybridized carbons (Fsp3) is 0.200. The predicted molar refractivity (Wildman–Crippen MR) is 98.8 cm³/mol. The monoisotopic (exact) mass is 355 g/mol. The van der Waals surface area contributed by atoms with Crippen molar-refractivity contribution in [3.63, 3.8) is 0 Å². The number of hydrogen-bond donors (Lipinski definition) is 1. The summed E-state index contributed by atoms with van der Waals surface area (Å²) in [6.45, 7) is 4.28. The van der Waals surface area contributed by atoms with Crippen LogP contribution in [-0.2, 0) is 4.79 Å². The molecule has 4 nitrogen and oxygen atoms in total. The number of benzene rings is 2. The lowest BCUT2D eigenvalue weighted by atomic mass is 10.1. The van der Waals surface area contributed by atoms with Gasteiger partial charge in [-0.3, -0.25) is 9.79 Å². The molecule has 1 heterocycles. The number of carbonyl (C=O) groups is 1. The van der Waals surface area contributed by atoms with Crippen molar-refractivity contribution in [2.24, 2.45) is 4.99 Å². The Kier molecular flexibility index (Phi) is 4.91. The molecule has 0 saturated carbocycles. The second kappa shape index (κ2) is 7.11. The van der Waals surface area contributed by atoms with Crippen LogP contribution in [0.2, 0.25) is 5.02 Å². The molecule has 0 aliphatic rings. The summed E-state index contributed by atoms with van der Waals surface area (Å²) in [5.41, 5.74) is 3.88. The molecular formula is C20H18ClNO3. The summed E-state index contributed by atoms with van der Waals surface area (Å²) >= 11 is 5.96. The van der Waals surface area contributed by atoms with Gasteiger partial charge in [-0.25, -0.2) is 0 Å². The average molecular weight is 356 g/mol. The zero-order valence-corrected chi connectivity index (χ0v) is 14.8. The van der Waals surface area contributed by atoms with Crippen LogP contribution in [0, 0.1) is 13.8 Å². The van der Waals surface area contributed by atoms with Crippen molar-refractivity contribution in [3.05, 3.63) is 64.0 Å². The van der Waals surface area contributed by atoms with Gasteiger partial charge in [0.2, 0.25) is 0 Å². The van der Waals surface area contributed by atoms with Crippen molar-refractivity contribution >= 4 is 28.5 Å². The molecule has 3 rings (SSSR count). The molecule has 0 saturated heterocycles. The SMILES string of the molecule is Cc1cc2oc(-c3ccc(Cl)cc3)cc(=NCCC(=O)O)c2cc1C. The van der Waals surface area contributed by atoms with Gasteiger partial charge in [-0.05, 0) is 61.4 Å². The van der Waals surface area contributed by atoms with Crippen LogP contribution in [0.25, 0.3) is 22.3 Å². The van der Waals surface area contributed by atoms with Crippen LogP contribution < -0.4 is 5.36 Å². The molecule has 128 valence electrons. The van der Waals surface area contributed by atoms with Crippen molar-refractivity contribution < 1.29 is 14.3 Å². The van der Waals surface area contributed by atoms with Gasteiger partial charge in [0.1, 0.15) is 11.3 Å². The second-order valence-electron chi connectivity index (χ2n) is 5.96. The first-order chi connectivity index (χ1) is 11.9. The molecule has 5 heteroatoms. The lowest BCUT2D eigenvalue weighted by molar-refractivity contribution is -0.136. The smallest absolute Gasteiger partial charge is 0.305 e. The Morgan fingerprint density at radius 2 is 1.80 bits per heavy atom. The molecule has 0 radical (unpaired) electrons. The van der Waals surface area contributed by atoms with Gasteiger partial charge in [-0.2, -0.15) is 0 Å². The molecule has 0 spiro atoms. The van der Waals surface area contributed by atoms with Gasteiger partial charge in [0, 0.05) is 22.0 Å². The van der Waals surface area contributed by atoms with Gasteiger partial charge < -0.3 is 9.52 Å². The first kappa shape index (κ1) is 17.2. The summed E-state index contributed by atoms with van der Waals surface area (Å²) in [6.07, 6.45) is -0.00531. The number of aliphatic carboxylic acids is 1. The molecule has 0 atom stereocenters. The van der Waals surface area contributed by atoms with Crippen molar-refractivity contribution in [3.8, 4) is 11.3 Å². The van der Waals surface area contributed by atoms with E-state index < -0.39 is 5.97 Å². The molecule has 1 N–H and O–H groups in total. The van der Waals surface area contributed by atoms with Gasteiger partial charge in [-0.15, -0.1) is 0 Å². The Bertz CT molecular complexity index is 1000. The van der Waals surface area contributed by atoms with Crippen molar-refractivity contribution in [2.75, 3.05) is 6.54 Å². The maximum Gasteiger partial charge on any atom is 0.305 e. The molecule has 0 amide bonds. The summed E-state index contributed by atoms with van der Waals surface area (Å²) in [5.74, 6) is -0.194. The Labute approximate surface area is 150 Å². The Morgan fingerprint density at radius 3 is 2.48 bits per heavy atom. The highest BCUT2D eigenvalue weighted by Crippen LogP contribution is 2.25. The molecule has 0 aliphatic heterocycles. The van der Waals surface area contributed by atoms with E-state index in [0.29, 0.717) is 10.8 Å². The average Bonchev–Trinajstić information content (AvgIpc) is 2.56. The van der Waals surface area contributed by atoms with Gasteiger partial charge >= 0.3 is 5.97 Å². The summed E-state index contributed by atoms with van der Waals surface area (Å²) in [5, 5.41) is 11.1. The van der Waals surface area contributed by atoms with E-state index in [9.17, 15) is 4.79 Å². The molecular weight excluding hydrogens is 338 g/mol. The number of hydrogen-bond acceptors (Lipinski definition) is 3. The van der Waals surface area contributed by atoms with E-state index >= 15 is 0 Å². The second-order valence-corrected chi connectivity index (χ2v) is 6.40. The van der Waals surface area contributed by atoms with Crippen LogP contribution in [0.4, 0.5) is 0 Å². The number of fused-ring (bicyclic) bond motifs is 1. The molecule has 0 bridgehead atoms. The van der Waals surface area contributed by atoms with E-state index in [0.717, 1.165) is 33.0 Å². The number of aryl methyl sites for hydroxylation is 2. The summed E-state index contributed by atoms with van der Waals surface area (Å²) in [7, 11) is 0. The highest BCUT2D eigenvalue weighted by Gasteiger charge is 2.08. The Morgan fingerprint density at radius 1 is 1.12 bits per heavy atom. The van der Waals surface area contributed by atoms with Gasteiger partial charge in [0.25, 0.3) is 0 Å². The third-order valence-electron chi connectivity index (χ3n) is 4.10. The van der Waals surface area contributed by atoms with E-state index in [1.807, 2.05) is 44.2 Å². The first-order valence-corrected chi connectivity index (χ1v) is 8.35. The van der Waals surface area contributed by atoms with E-state index in [4.69, 9.17) is 21.1 Å². The normalized spacial score (nSPS) is 11.9. The minimum atomic E-state index is -0.862. The number of carboxylic acid groups (broad SMARTS) is 1. The Hall–Kier alpha value is -2.59. The lowest BCUT2D eigenvalue weighted by Crippen LogP contribution is -2.07. The van der Waals surface area contributed by atoms with Crippen LogP contribution in [0.3, 0.4) is 0 Å². The van der Waals surface area contributed by atoms with Crippen LogP contribution in [0.1, 0.15) is 17.5 Å². The van der Waals surface area contributed by atoms with Crippen LogP contribution in [0.15, 0.2) is 51.9 Å². The maximum atomic E-state index is 10.8. The quantitative estimate of drug-likeness (QED) is 0.734. The van der Waals surface area contributed by atoms with Crippen molar-refractivity contribution in [1.82, 2.24) is 0 Å². The molecule has 0 fully saturated rings. The van der Waals surface area contributed by atoms with E-state index in [1.54, 1.807) is 12.1 Å². The highest BCUT2D eigenvalue weighted by atomic mass is 35.5. The predicted octanol–water partition coefficient (Wildman–Crippen LogP) is 4.75. The number of nitrogens with zero attached hydrogens (tertiary/aromatic N) is 1. The van der Waals surface area contributed by atoms with Gasteiger partial charge in [0.15, 0.2) is 0 Å². The van der Waals surface area contributed by atoms with Gasteiger partial charge in [0.05, 0.1) is 18.3 Å². The molecule has 2 aromatic carbocycles. The third-order valence-corrected chi connectivity index (χ3v) is 4.35. The number of rotatable bonds is 4. The van der Waals surface area contributed by atoms with Crippen molar-refractivity contribution in [1.29, 1.82) is 0 Å². The van der Waals surface area contributed by atoms with Crippen molar-refractivity contribution in [2.45, 2.75) is 20.3 Å². The summed E-state index contributed by atoms with van der Waals surface area (Å²) in [6, 6.07) is 13.2. The number of halogens is 1. The third kappa shape index (κ3) is 3.91. The van der Waals surface area contributed by atoms with E-state index in [2.05, 4.69) is 4.99 Å². The zero-order chi connectivity index (χ0) is 18.0. The molecule has 3 aromatic rings. The van der Waals surface area contributed by atoms with Gasteiger partial charge in [-0.1, -0.05) is 11.6 Å².